The molecular formula is C12H12ClN5. The van der Waals surface area contributed by atoms with Crippen molar-refractivity contribution in [1.29, 1.82) is 0 Å². The molecule has 0 saturated heterocycles. The van der Waals surface area contributed by atoms with Crippen molar-refractivity contribution in [2.75, 3.05) is 0 Å². The summed E-state index contributed by atoms with van der Waals surface area (Å²) in [7, 11) is 0. The van der Waals surface area contributed by atoms with E-state index in [1.165, 1.54) is 0 Å². The Kier molecular flexibility index (Phi) is 3.64. The first-order chi connectivity index (χ1) is 8.68. The van der Waals surface area contributed by atoms with E-state index < -0.39 is 0 Å². The van der Waals surface area contributed by atoms with Gasteiger partial charge in [0.25, 0.3) is 0 Å². The van der Waals surface area contributed by atoms with Crippen LogP contribution in [0, 0.1) is 0 Å². The van der Waals surface area contributed by atoms with Crippen LogP contribution in [0.25, 0.3) is 5.69 Å². The van der Waals surface area contributed by atoms with Gasteiger partial charge in [0.15, 0.2) is 0 Å². The van der Waals surface area contributed by atoms with E-state index in [-0.39, 0.29) is 5.96 Å². The fourth-order valence-electron chi connectivity index (χ4n) is 1.52. The fourth-order valence-corrected chi connectivity index (χ4v) is 1.75. The largest absolute Gasteiger partial charge is 0.369 e. The maximum atomic E-state index is 6.14. The van der Waals surface area contributed by atoms with Crippen LogP contribution in [-0.2, 0) is 0 Å². The predicted octanol–water partition coefficient (Wildman–Crippen LogP) is 1.74. The molecule has 1 aromatic heterocycles. The first-order valence-electron chi connectivity index (χ1n) is 5.22. The quantitative estimate of drug-likeness (QED) is 0.501. The topological polar surface area (TPSA) is 81.7 Å². The molecule has 1 aromatic carbocycles. The zero-order chi connectivity index (χ0) is 13.0. The number of para-hydroxylation sites is 1. The summed E-state index contributed by atoms with van der Waals surface area (Å²) >= 11 is 6.14. The second-order valence-corrected chi connectivity index (χ2v) is 3.93. The molecule has 6 heteroatoms. The van der Waals surface area contributed by atoms with Crippen LogP contribution in [-0.4, -0.2) is 16.7 Å². The Bertz CT molecular complexity index is 596. The normalized spacial score (nSPS) is 10.7. The van der Waals surface area contributed by atoms with Crippen LogP contribution in [0.5, 0.6) is 0 Å². The number of halogens is 1. The first-order valence-corrected chi connectivity index (χ1v) is 5.60. The monoisotopic (exact) mass is 261 g/mol. The molecule has 0 saturated carbocycles. The summed E-state index contributed by atoms with van der Waals surface area (Å²) in [5.41, 5.74) is 12.1. The Morgan fingerprint density at radius 3 is 2.67 bits per heavy atom. The van der Waals surface area contributed by atoms with Crippen LogP contribution in [0.4, 0.5) is 0 Å². The molecule has 0 amide bonds. The van der Waals surface area contributed by atoms with E-state index in [1.807, 2.05) is 47.2 Å². The maximum Gasteiger partial charge on any atom is 0.211 e. The molecule has 0 bridgehead atoms. The van der Waals surface area contributed by atoms with Gasteiger partial charge in [-0.05, 0) is 24.3 Å². The molecule has 4 N–H and O–H groups in total. The Morgan fingerprint density at radius 2 is 1.94 bits per heavy atom. The van der Waals surface area contributed by atoms with E-state index in [4.69, 9.17) is 23.1 Å². The van der Waals surface area contributed by atoms with Gasteiger partial charge >= 0.3 is 0 Å². The second kappa shape index (κ2) is 5.37. The summed E-state index contributed by atoms with van der Waals surface area (Å²) in [5.74, 6) is -0.0814. The van der Waals surface area contributed by atoms with Gasteiger partial charge in [0.2, 0.25) is 5.96 Å². The second-order valence-electron chi connectivity index (χ2n) is 3.52. The average molecular weight is 262 g/mol. The van der Waals surface area contributed by atoms with Crippen molar-refractivity contribution in [2.24, 2.45) is 21.7 Å². The van der Waals surface area contributed by atoms with Crippen LogP contribution < -0.4 is 11.5 Å². The molecule has 2 rings (SSSR count). The van der Waals surface area contributed by atoms with Gasteiger partial charge in [-0.2, -0.15) is 5.10 Å². The van der Waals surface area contributed by atoms with Gasteiger partial charge in [-0.25, -0.2) is 0 Å². The van der Waals surface area contributed by atoms with Crippen molar-refractivity contribution in [2.45, 2.75) is 0 Å². The SMILES string of the molecule is NC(N)=N/N=C/c1cccn1-c1ccccc1Cl. The third-order valence-corrected chi connectivity index (χ3v) is 2.58. The molecule has 0 aliphatic carbocycles. The Hall–Kier alpha value is -2.27. The molecule has 0 aliphatic heterocycles. The van der Waals surface area contributed by atoms with E-state index >= 15 is 0 Å². The highest BCUT2D eigenvalue weighted by molar-refractivity contribution is 6.32. The summed E-state index contributed by atoms with van der Waals surface area (Å²) in [6.07, 6.45) is 3.45. The van der Waals surface area contributed by atoms with Crippen molar-refractivity contribution < 1.29 is 0 Å². The molecule has 1 heterocycles. The highest BCUT2D eigenvalue weighted by atomic mass is 35.5. The van der Waals surface area contributed by atoms with E-state index in [9.17, 15) is 0 Å². The van der Waals surface area contributed by atoms with E-state index in [0.717, 1.165) is 11.4 Å². The molecule has 0 aliphatic rings. The zero-order valence-corrected chi connectivity index (χ0v) is 10.2. The van der Waals surface area contributed by atoms with Crippen LogP contribution >= 0.6 is 11.6 Å². The summed E-state index contributed by atoms with van der Waals surface area (Å²) in [6.45, 7) is 0. The van der Waals surface area contributed by atoms with Crippen molar-refractivity contribution in [3.05, 3.63) is 53.3 Å². The third kappa shape index (κ3) is 2.70. The molecular weight excluding hydrogens is 250 g/mol. The summed E-state index contributed by atoms with van der Waals surface area (Å²) in [4.78, 5) is 0. The number of hydrogen-bond acceptors (Lipinski definition) is 2. The van der Waals surface area contributed by atoms with Gasteiger partial charge in [0.05, 0.1) is 22.6 Å². The minimum Gasteiger partial charge on any atom is -0.369 e. The first kappa shape index (κ1) is 12.2. The van der Waals surface area contributed by atoms with Crippen LogP contribution in [0.2, 0.25) is 5.02 Å². The molecule has 0 radical (unpaired) electrons. The highest BCUT2D eigenvalue weighted by Gasteiger charge is 2.04. The zero-order valence-electron chi connectivity index (χ0n) is 9.49. The molecule has 0 atom stereocenters. The number of rotatable bonds is 3. The minimum absolute atomic E-state index is 0.0814. The summed E-state index contributed by atoms with van der Waals surface area (Å²) < 4.78 is 1.90. The van der Waals surface area contributed by atoms with Crippen LogP contribution in [0.15, 0.2) is 52.8 Å². The average Bonchev–Trinajstić information content (AvgIpc) is 2.77. The van der Waals surface area contributed by atoms with Gasteiger partial charge in [0.1, 0.15) is 0 Å². The highest BCUT2D eigenvalue weighted by Crippen LogP contribution is 2.21. The van der Waals surface area contributed by atoms with Gasteiger partial charge in [-0.15, -0.1) is 5.10 Å². The lowest BCUT2D eigenvalue weighted by atomic mass is 10.3. The number of nitrogens with zero attached hydrogens (tertiary/aromatic N) is 3. The molecule has 0 unspecified atom stereocenters. The Balaban J connectivity index is 2.37. The standard InChI is InChI=1S/C12H12ClN5/c13-10-5-1-2-6-11(10)18-7-3-4-9(18)8-16-17-12(14)15/h1-8H,(H4,14,15,17)/b16-8+. The number of aromatic nitrogens is 1. The molecule has 2 aromatic rings. The predicted molar refractivity (Wildman–Crippen MR) is 74.2 cm³/mol. The van der Waals surface area contributed by atoms with Gasteiger partial charge in [-0.1, -0.05) is 23.7 Å². The molecule has 18 heavy (non-hydrogen) atoms. The smallest absolute Gasteiger partial charge is 0.211 e. The Morgan fingerprint density at radius 1 is 1.17 bits per heavy atom. The molecule has 0 fully saturated rings. The molecule has 0 spiro atoms. The van der Waals surface area contributed by atoms with Crippen molar-refractivity contribution in [1.82, 2.24) is 4.57 Å². The minimum atomic E-state index is -0.0814. The number of hydrogen-bond donors (Lipinski definition) is 2. The van der Waals surface area contributed by atoms with Crippen molar-refractivity contribution in [3.63, 3.8) is 0 Å². The molecule has 92 valence electrons. The van der Waals surface area contributed by atoms with Gasteiger partial charge in [-0.3, -0.25) is 0 Å². The van der Waals surface area contributed by atoms with E-state index in [1.54, 1.807) is 6.21 Å². The van der Waals surface area contributed by atoms with E-state index in [0.29, 0.717) is 5.02 Å². The lowest BCUT2D eigenvalue weighted by molar-refractivity contribution is 1.06. The van der Waals surface area contributed by atoms with Gasteiger partial charge in [0, 0.05) is 6.20 Å². The van der Waals surface area contributed by atoms with Crippen molar-refractivity contribution in [3.8, 4) is 5.69 Å². The summed E-state index contributed by atoms with van der Waals surface area (Å²) in [5, 5.41) is 7.99. The molecule has 5 nitrogen and oxygen atoms in total. The van der Waals surface area contributed by atoms with E-state index in [2.05, 4.69) is 10.2 Å². The van der Waals surface area contributed by atoms with Crippen LogP contribution in [0.1, 0.15) is 5.69 Å². The van der Waals surface area contributed by atoms with Crippen molar-refractivity contribution >= 4 is 23.8 Å². The lowest BCUT2D eigenvalue weighted by Crippen LogP contribution is -2.21. The number of guanidine groups is 1. The maximum absolute atomic E-state index is 6.14. The Labute approximate surface area is 109 Å². The third-order valence-electron chi connectivity index (χ3n) is 2.26. The number of nitrogens with two attached hydrogens (primary N) is 2. The number of benzene rings is 1. The lowest BCUT2D eigenvalue weighted by Gasteiger charge is -2.07. The fraction of sp³-hybridized carbons (Fsp3) is 0. The van der Waals surface area contributed by atoms with Gasteiger partial charge < -0.3 is 16.0 Å². The summed E-state index contributed by atoms with van der Waals surface area (Å²) in [6, 6.07) is 11.3. The van der Waals surface area contributed by atoms with Crippen LogP contribution in [0.3, 0.4) is 0 Å².